The summed E-state index contributed by atoms with van der Waals surface area (Å²) in [6, 6.07) is 20.0. The van der Waals surface area contributed by atoms with E-state index >= 15 is 0 Å². The Labute approximate surface area is 194 Å². The van der Waals surface area contributed by atoms with Crippen LogP contribution < -0.4 is 10.4 Å². The highest BCUT2D eigenvalue weighted by atomic mass is 28.4. The van der Waals surface area contributed by atoms with E-state index in [9.17, 15) is 19.6 Å². The number of hydrogen-bond donors (Lipinski definition) is 1. The highest BCUT2D eigenvalue weighted by molar-refractivity contribution is 6.99. The van der Waals surface area contributed by atoms with Crippen molar-refractivity contribution in [2.45, 2.75) is 62.9 Å². The lowest BCUT2D eigenvalue weighted by molar-refractivity contribution is -0.585. The highest BCUT2D eigenvalue weighted by Gasteiger charge is 2.67. The van der Waals surface area contributed by atoms with Crippen LogP contribution in [0.4, 0.5) is 4.39 Å². The lowest BCUT2D eigenvalue weighted by atomic mass is 9.89. The zero-order valence-corrected chi connectivity index (χ0v) is 20.6. The van der Waals surface area contributed by atoms with Crippen LogP contribution >= 0.6 is 0 Å². The van der Waals surface area contributed by atoms with Crippen molar-refractivity contribution in [3.8, 4) is 0 Å². The van der Waals surface area contributed by atoms with E-state index in [1.165, 1.54) is 6.92 Å². The van der Waals surface area contributed by atoms with Crippen LogP contribution in [0.5, 0.6) is 0 Å². The Kier molecular flexibility index (Phi) is 7.40. The molecule has 0 spiro atoms. The van der Waals surface area contributed by atoms with Crippen LogP contribution in [0.3, 0.4) is 0 Å². The van der Waals surface area contributed by atoms with Crippen LogP contribution in [0.2, 0.25) is 5.04 Å². The van der Waals surface area contributed by atoms with Gasteiger partial charge in [-0.15, -0.1) is 0 Å². The van der Waals surface area contributed by atoms with Gasteiger partial charge in [0.05, 0.1) is 6.61 Å². The molecule has 2 aromatic carbocycles. The van der Waals surface area contributed by atoms with Crippen LogP contribution in [0.25, 0.3) is 0 Å². The van der Waals surface area contributed by atoms with Crippen LogP contribution in [0.1, 0.15) is 27.7 Å². The molecule has 1 aliphatic heterocycles. The van der Waals surface area contributed by atoms with Gasteiger partial charge in [0.25, 0.3) is 13.9 Å². The largest absolute Gasteiger partial charge is 0.405 e. The predicted molar refractivity (Wildman–Crippen MR) is 126 cm³/mol. The maximum atomic E-state index is 14.0. The second-order valence-electron chi connectivity index (χ2n) is 9.58. The first-order valence-corrected chi connectivity index (χ1v) is 12.8. The summed E-state index contributed by atoms with van der Waals surface area (Å²) in [4.78, 5) is 11.1. The summed E-state index contributed by atoms with van der Waals surface area (Å²) in [6.07, 6.45) is -5.85. The fourth-order valence-corrected chi connectivity index (χ4v) is 9.10. The monoisotopic (exact) mass is 477 g/mol. The van der Waals surface area contributed by atoms with Crippen molar-refractivity contribution in [1.82, 2.24) is 0 Å². The molecule has 1 aliphatic rings. The Morgan fingerprint density at radius 3 is 1.97 bits per heavy atom. The quantitative estimate of drug-likeness (QED) is 0.245. The molecule has 0 bridgehead atoms. The topological polar surface area (TPSA) is 94.4 Å². The molecule has 5 atom stereocenters. The summed E-state index contributed by atoms with van der Waals surface area (Å²) < 4.78 is 30.9. The zero-order chi connectivity index (χ0) is 24.4. The SMILES string of the molecule is CO[C@H](F)[C@H](O)[C@@](C)([C@H]1O[C@@H]1CO[Si](c1ccccc1)(c1ccccc1)C(C)(C)C)[N+](=O)[O-]. The third-order valence-electron chi connectivity index (χ3n) is 6.51. The van der Waals surface area contributed by atoms with Crippen molar-refractivity contribution >= 4 is 18.7 Å². The molecular weight excluding hydrogens is 445 g/mol. The maximum Gasteiger partial charge on any atom is 0.278 e. The summed E-state index contributed by atoms with van der Waals surface area (Å²) >= 11 is 0. The van der Waals surface area contributed by atoms with Crippen LogP contribution in [0.15, 0.2) is 60.7 Å². The molecule has 1 heterocycles. The number of nitro groups is 1. The molecule has 33 heavy (non-hydrogen) atoms. The molecular formula is C24H32FNO6Si. The first-order chi connectivity index (χ1) is 15.5. The Bertz CT molecular complexity index is 901. The minimum absolute atomic E-state index is 0.0814. The maximum absolute atomic E-state index is 14.0. The van der Waals surface area contributed by atoms with Gasteiger partial charge in [0, 0.05) is 19.0 Å². The number of hydrogen-bond acceptors (Lipinski definition) is 6. The molecule has 0 radical (unpaired) electrons. The average molecular weight is 478 g/mol. The number of aliphatic hydroxyl groups is 1. The van der Waals surface area contributed by atoms with Gasteiger partial charge in [-0.25, -0.2) is 4.39 Å². The smallest absolute Gasteiger partial charge is 0.278 e. The summed E-state index contributed by atoms with van der Waals surface area (Å²) in [5, 5.41) is 24.0. The van der Waals surface area contributed by atoms with Gasteiger partial charge in [0.2, 0.25) is 6.36 Å². The van der Waals surface area contributed by atoms with Crippen molar-refractivity contribution in [2.75, 3.05) is 13.7 Å². The molecule has 2 aromatic rings. The van der Waals surface area contributed by atoms with E-state index in [1.807, 2.05) is 60.7 Å². The van der Waals surface area contributed by atoms with E-state index in [0.29, 0.717) is 0 Å². The van der Waals surface area contributed by atoms with E-state index in [4.69, 9.17) is 9.16 Å². The fraction of sp³-hybridized carbons (Fsp3) is 0.500. The summed E-state index contributed by atoms with van der Waals surface area (Å²) in [7, 11) is -1.81. The van der Waals surface area contributed by atoms with Gasteiger partial charge in [0.1, 0.15) is 6.10 Å². The summed E-state index contributed by atoms with van der Waals surface area (Å²) in [5.41, 5.74) is -2.07. The molecule has 7 nitrogen and oxygen atoms in total. The first kappa shape index (κ1) is 25.4. The molecule has 3 rings (SSSR count). The average Bonchev–Trinajstić information content (AvgIpc) is 3.58. The zero-order valence-electron chi connectivity index (χ0n) is 19.6. The van der Waals surface area contributed by atoms with Crippen molar-refractivity contribution in [3.63, 3.8) is 0 Å². The summed E-state index contributed by atoms with van der Waals surface area (Å²) in [6.45, 7) is 7.64. The minimum Gasteiger partial charge on any atom is -0.405 e. The van der Waals surface area contributed by atoms with Gasteiger partial charge in [0.15, 0.2) is 12.2 Å². The Morgan fingerprint density at radius 1 is 1.09 bits per heavy atom. The number of methoxy groups -OCH3 is 1. The van der Waals surface area contributed by atoms with E-state index in [2.05, 4.69) is 25.5 Å². The number of benzene rings is 2. The standard InChI is InChI=1S/C24H32FNO6Si/c1-23(2,3)33(17-12-8-6-9-13-17,18-14-10-7-11-15-18)31-16-19-21(32-19)24(4,26(28)29)20(27)22(25)30-5/h6-15,19-22,27H,16H2,1-5H3/t19-,20+,21+,22+,24+/m1/s1. The molecule has 1 fully saturated rings. The number of halogens is 1. The molecule has 180 valence electrons. The predicted octanol–water partition coefficient (Wildman–Crippen LogP) is 2.67. The molecule has 0 unspecified atom stereocenters. The van der Waals surface area contributed by atoms with E-state index in [1.54, 1.807) is 0 Å². The normalized spacial score (nSPS) is 22.3. The molecule has 1 N–H and O–H groups in total. The van der Waals surface area contributed by atoms with Crippen LogP contribution in [-0.2, 0) is 13.9 Å². The summed E-state index contributed by atoms with van der Waals surface area (Å²) in [5.74, 6) is 0. The number of rotatable bonds is 10. The fourth-order valence-electron chi connectivity index (χ4n) is 4.53. The molecule has 1 saturated heterocycles. The highest BCUT2D eigenvalue weighted by Crippen LogP contribution is 2.41. The number of ether oxygens (including phenoxy) is 2. The Balaban J connectivity index is 1.93. The van der Waals surface area contributed by atoms with E-state index in [0.717, 1.165) is 17.5 Å². The molecule has 0 saturated carbocycles. The van der Waals surface area contributed by atoms with Gasteiger partial charge in [-0.1, -0.05) is 81.4 Å². The lowest BCUT2D eigenvalue weighted by Gasteiger charge is -2.43. The second-order valence-corrected chi connectivity index (χ2v) is 13.9. The van der Waals surface area contributed by atoms with Gasteiger partial charge in [-0.3, -0.25) is 10.1 Å². The van der Waals surface area contributed by atoms with Gasteiger partial charge in [-0.05, 0) is 15.4 Å². The lowest BCUT2D eigenvalue weighted by Crippen LogP contribution is -2.67. The van der Waals surface area contributed by atoms with Gasteiger partial charge >= 0.3 is 0 Å². The Morgan fingerprint density at radius 2 is 1.58 bits per heavy atom. The van der Waals surface area contributed by atoms with Crippen molar-refractivity contribution in [1.29, 1.82) is 0 Å². The van der Waals surface area contributed by atoms with Crippen LogP contribution in [0, 0.1) is 10.1 Å². The third-order valence-corrected chi connectivity index (χ3v) is 11.5. The number of nitrogens with zero attached hydrogens (tertiary/aromatic N) is 1. The van der Waals surface area contributed by atoms with Crippen molar-refractivity contribution in [2.24, 2.45) is 0 Å². The van der Waals surface area contributed by atoms with Gasteiger partial charge in [-0.2, -0.15) is 0 Å². The molecule has 0 aliphatic carbocycles. The third kappa shape index (κ3) is 4.60. The molecule has 0 aromatic heterocycles. The van der Waals surface area contributed by atoms with Gasteiger partial charge < -0.3 is 19.0 Å². The van der Waals surface area contributed by atoms with Crippen molar-refractivity contribution in [3.05, 3.63) is 70.8 Å². The number of epoxide rings is 1. The van der Waals surface area contributed by atoms with Crippen LogP contribution in [-0.4, -0.2) is 62.3 Å². The van der Waals surface area contributed by atoms with E-state index < -0.39 is 43.4 Å². The Hall–Kier alpha value is -2.17. The van der Waals surface area contributed by atoms with Crippen molar-refractivity contribution < 1.29 is 28.3 Å². The molecule has 0 amide bonds. The minimum atomic E-state index is -2.85. The second kappa shape index (κ2) is 9.59. The number of aliphatic hydroxyl groups excluding tert-OH is 1. The number of alkyl halides is 1. The molecule has 9 heteroatoms. The first-order valence-electron chi connectivity index (χ1n) is 10.9. The van der Waals surface area contributed by atoms with E-state index in [-0.39, 0.29) is 11.6 Å².